The molecule has 0 aromatic heterocycles. The van der Waals surface area contributed by atoms with E-state index in [0.29, 0.717) is 19.0 Å². The maximum atomic E-state index is 11.9. The molecule has 1 aliphatic carbocycles. The molecule has 1 aliphatic rings. The molecule has 3 nitrogen and oxygen atoms in total. The summed E-state index contributed by atoms with van der Waals surface area (Å²) < 4.78 is 1.07. The molecule has 0 spiro atoms. The zero-order valence-electron chi connectivity index (χ0n) is 12.5. The topological polar surface area (TPSA) is 41.1 Å². The summed E-state index contributed by atoms with van der Waals surface area (Å²) in [6.07, 6.45) is 1.06. The fourth-order valence-corrected chi connectivity index (χ4v) is 3.25. The highest BCUT2D eigenvalue weighted by atomic mass is 79.9. The highest BCUT2D eigenvalue weighted by Crippen LogP contribution is 2.33. The summed E-state index contributed by atoms with van der Waals surface area (Å²) in [5.41, 5.74) is 5.05. The third kappa shape index (κ3) is 3.17. The molecule has 4 heteroatoms. The van der Waals surface area contributed by atoms with Crippen molar-refractivity contribution in [1.82, 2.24) is 10.6 Å². The molecule has 2 aromatic carbocycles. The minimum absolute atomic E-state index is 0.108. The van der Waals surface area contributed by atoms with Crippen molar-refractivity contribution in [1.29, 1.82) is 0 Å². The van der Waals surface area contributed by atoms with Gasteiger partial charge in [0.1, 0.15) is 0 Å². The van der Waals surface area contributed by atoms with Crippen LogP contribution in [0.25, 0.3) is 0 Å². The minimum Gasteiger partial charge on any atom is -0.338 e. The predicted molar refractivity (Wildman–Crippen MR) is 92.0 cm³/mol. The van der Waals surface area contributed by atoms with E-state index in [9.17, 15) is 4.79 Å². The standard InChI is InChI=1S/C18H19BrN2O/c1-12-14(6-4-8-17(12)19)10-20-18(22)21-11-15-9-13-5-2-3-7-16(13)15/h2-8,15H,9-11H2,1H3,(H2,20,21,22). The Balaban J connectivity index is 1.47. The van der Waals surface area contributed by atoms with E-state index in [2.05, 4.69) is 50.8 Å². The number of hydrogen-bond acceptors (Lipinski definition) is 1. The largest absolute Gasteiger partial charge is 0.338 e. The number of amides is 2. The van der Waals surface area contributed by atoms with Crippen molar-refractivity contribution >= 4 is 22.0 Å². The van der Waals surface area contributed by atoms with Crippen LogP contribution < -0.4 is 10.6 Å². The Kier molecular flexibility index (Phi) is 4.48. The Morgan fingerprint density at radius 1 is 1.18 bits per heavy atom. The molecule has 22 heavy (non-hydrogen) atoms. The van der Waals surface area contributed by atoms with E-state index in [1.54, 1.807) is 0 Å². The van der Waals surface area contributed by atoms with Crippen LogP contribution in [-0.2, 0) is 13.0 Å². The third-order valence-corrected chi connectivity index (χ3v) is 5.15. The molecular formula is C18H19BrN2O. The van der Waals surface area contributed by atoms with Crippen molar-refractivity contribution in [2.24, 2.45) is 0 Å². The van der Waals surface area contributed by atoms with Gasteiger partial charge in [-0.2, -0.15) is 0 Å². The van der Waals surface area contributed by atoms with Crippen LogP contribution in [0.2, 0.25) is 0 Å². The number of hydrogen-bond donors (Lipinski definition) is 2. The molecule has 0 fully saturated rings. The molecule has 0 radical (unpaired) electrons. The van der Waals surface area contributed by atoms with E-state index in [4.69, 9.17) is 0 Å². The fourth-order valence-electron chi connectivity index (χ4n) is 2.84. The number of fused-ring (bicyclic) bond motifs is 1. The molecule has 0 heterocycles. The lowest BCUT2D eigenvalue weighted by Gasteiger charge is -2.30. The summed E-state index contributed by atoms with van der Waals surface area (Å²) in [6.45, 7) is 3.28. The van der Waals surface area contributed by atoms with Crippen molar-refractivity contribution in [2.75, 3.05) is 6.54 Å². The number of rotatable bonds is 4. The molecule has 3 rings (SSSR count). The Morgan fingerprint density at radius 2 is 2.00 bits per heavy atom. The van der Waals surface area contributed by atoms with Gasteiger partial charge in [0.05, 0.1) is 0 Å². The van der Waals surface area contributed by atoms with Gasteiger partial charge in [0.25, 0.3) is 0 Å². The lowest BCUT2D eigenvalue weighted by molar-refractivity contribution is 0.239. The molecule has 0 saturated heterocycles. The number of urea groups is 1. The molecule has 2 amide bonds. The van der Waals surface area contributed by atoms with Gasteiger partial charge in [-0.3, -0.25) is 0 Å². The number of nitrogens with one attached hydrogen (secondary N) is 2. The summed E-state index contributed by atoms with van der Waals surface area (Å²) >= 11 is 3.51. The number of carbonyl (C=O) groups excluding carboxylic acids is 1. The van der Waals surface area contributed by atoms with Crippen LogP contribution in [0.3, 0.4) is 0 Å². The van der Waals surface area contributed by atoms with E-state index in [-0.39, 0.29) is 6.03 Å². The van der Waals surface area contributed by atoms with Gasteiger partial charge < -0.3 is 10.6 Å². The fraction of sp³-hybridized carbons (Fsp3) is 0.278. The first-order valence-electron chi connectivity index (χ1n) is 7.48. The molecule has 0 bridgehead atoms. The molecule has 0 saturated carbocycles. The van der Waals surface area contributed by atoms with Crippen molar-refractivity contribution < 1.29 is 4.79 Å². The van der Waals surface area contributed by atoms with E-state index in [0.717, 1.165) is 22.0 Å². The Bertz CT molecular complexity index is 699. The molecule has 0 aliphatic heterocycles. The predicted octanol–water partition coefficient (Wildman–Crippen LogP) is 3.90. The zero-order chi connectivity index (χ0) is 15.5. The highest BCUT2D eigenvalue weighted by Gasteiger charge is 2.25. The summed E-state index contributed by atoms with van der Waals surface area (Å²) in [6, 6.07) is 14.3. The molecule has 1 atom stereocenters. The van der Waals surface area contributed by atoms with E-state index < -0.39 is 0 Å². The van der Waals surface area contributed by atoms with Crippen LogP contribution >= 0.6 is 15.9 Å². The van der Waals surface area contributed by atoms with Gasteiger partial charge in [-0.15, -0.1) is 0 Å². The zero-order valence-corrected chi connectivity index (χ0v) is 14.1. The summed E-state index contributed by atoms with van der Waals surface area (Å²) in [5.74, 6) is 0.453. The van der Waals surface area contributed by atoms with E-state index >= 15 is 0 Å². The van der Waals surface area contributed by atoms with Crippen LogP contribution in [0.4, 0.5) is 4.79 Å². The lowest BCUT2D eigenvalue weighted by atomic mass is 9.78. The van der Waals surface area contributed by atoms with Crippen LogP contribution in [0.5, 0.6) is 0 Å². The lowest BCUT2D eigenvalue weighted by Crippen LogP contribution is -2.39. The van der Waals surface area contributed by atoms with Crippen molar-refractivity contribution in [3.05, 3.63) is 69.2 Å². The van der Waals surface area contributed by atoms with Crippen molar-refractivity contribution in [3.63, 3.8) is 0 Å². The van der Waals surface area contributed by atoms with Gasteiger partial charge in [-0.25, -0.2) is 4.79 Å². The Morgan fingerprint density at radius 3 is 2.82 bits per heavy atom. The monoisotopic (exact) mass is 358 g/mol. The SMILES string of the molecule is Cc1c(Br)cccc1CNC(=O)NCC1Cc2ccccc21. The van der Waals surface area contributed by atoms with Crippen LogP contribution in [0, 0.1) is 6.92 Å². The molecule has 114 valence electrons. The molecular weight excluding hydrogens is 340 g/mol. The van der Waals surface area contributed by atoms with Crippen LogP contribution in [-0.4, -0.2) is 12.6 Å². The second-order valence-corrected chi connectivity index (χ2v) is 6.54. The first-order valence-corrected chi connectivity index (χ1v) is 8.28. The third-order valence-electron chi connectivity index (χ3n) is 4.29. The first kappa shape index (κ1) is 15.1. The van der Waals surface area contributed by atoms with Gasteiger partial charge in [0, 0.05) is 23.5 Å². The number of benzene rings is 2. The summed E-state index contributed by atoms with van der Waals surface area (Å²) in [5, 5.41) is 5.89. The van der Waals surface area contributed by atoms with Gasteiger partial charge >= 0.3 is 6.03 Å². The van der Waals surface area contributed by atoms with Crippen LogP contribution in [0.15, 0.2) is 46.9 Å². The second kappa shape index (κ2) is 6.53. The summed E-state index contributed by atoms with van der Waals surface area (Å²) in [4.78, 5) is 11.9. The molecule has 1 unspecified atom stereocenters. The molecule has 2 aromatic rings. The Labute approximate surface area is 139 Å². The quantitative estimate of drug-likeness (QED) is 0.854. The summed E-state index contributed by atoms with van der Waals surface area (Å²) in [7, 11) is 0. The normalized spacial score (nSPS) is 15.6. The maximum absolute atomic E-state index is 11.9. The maximum Gasteiger partial charge on any atom is 0.315 e. The molecule has 2 N–H and O–H groups in total. The van der Waals surface area contributed by atoms with Gasteiger partial charge in [-0.05, 0) is 41.7 Å². The van der Waals surface area contributed by atoms with Gasteiger partial charge in [0.2, 0.25) is 0 Å². The highest BCUT2D eigenvalue weighted by molar-refractivity contribution is 9.10. The minimum atomic E-state index is -0.108. The van der Waals surface area contributed by atoms with E-state index in [1.165, 1.54) is 11.1 Å². The Hall–Kier alpha value is -1.81. The number of carbonyl (C=O) groups is 1. The average Bonchev–Trinajstić information content (AvgIpc) is 2.49. The van der Waals surface area contributed by atoms with E-state index in [1.807, 2.05) is 25.1 Å². The second-order valence-electron chi connectivity index (χ2n) is 5.69. The van der Waals surface area contributed by atoms with Gasteiger partial charge in [0.15, 0.2) is 0 Å². The smallest absolute Gasteiger partial charge is 0.315 e. The van der Waals surface area contributed by atoms with Crippen molar-refractivity contribution in [3.8, 4) is 0 Å². The number of halogens is 1. The first-order chi connectivity index (χ1) is 10.6. The average molecular weight is 359 g/mol. The van der Waals surface area contributed by atoms with Crippen LogP contribution in [0.1, 0.15) is 28.2 Å². The van der Waals surface area contributed by atoms with Crippen molar-refractivity contribution in [2.45, 2.75) is 25.8 Å². The van der Waals surface area contributed by atoms with Gasteiger partial charge in [-0.1, -0.05) is 52.3 Å².